The molecule has 7 rings (SSSR count). The van der Waals surface area contributed by atoms with Crippen LogP contribution in [0.15, 0.2) is 54.7 Å². The van der Waals surface area contributed by atoms with Gasteiger partial charge in [0, 0.05) is 61.5 Å². The highest BCUT2D eigenvalue weighted by atomic mass is 35.5. The molecule has 3 aliphatic heterocycles. The number of hydrogen-bond donors (Lipinski definition) is 0. The number of hydrogen-bond acceptors (Lipinski definition) is 8. The number of pyridine rings is 1. The van der Waals surface area contributed by atoms with Crippen LogP contribution in [0.1, 0.15) is 32.1 Å². The quantitative estimate of drug-likeness (QED) is 0.209. The summed E-state index contributed by atoms with van der Waals surface area (Å²) in [5, 5.41) is 2.63. The molecule has 0 N–H and O–H groups in total. The summed E-state index contributed by atoms with van der Waals surface area (Å²) in [6.07, 6.45) is 10.1. The fourth-order valence-corrected chi connectivity index (χ4v) is 7.76. The van der Waals surface area contributed by atoms with E-state index in [0.717, 1.165) is 56.0 Å². The van der Waals surface area contributed by atoms with Crippen LogP contribution < -0.4 is 9.64 Å². The van der Waals surface area contributed by atoms with E-state index in [9.17, 15) is 4.79 Å². The average molecular weight is 645 g/mol. The van der Waals surface area contributed by atoms with Crippen molar-refractivity contribution in [3.63, 3.8) is 0 Å². The van der Waals surface area contributed by atoms with Crippen molar-refractivity contribution in [2.24, 2.45) is 0 Å². The third-order valence-corrected chi connectivity index (χ3v) is 10.2. The first-order chi connectivity index (χ1) is 22.4. The lowest BCUT2D eigenvalue weighted by molar-refractivity contribution is -0.125. The molecule has 0 unspecified atom stereocenters. The zero-order valence-corrected chi connectivity index (χ0v) is 27.0. The van der Waals surface area contributed by atoms with E-state index in [-0.39, 0.29) is 34.7 Å². The second-order valence-electron chi connectivity index (χ2n) is 12.6. The number of carbonyl (C=O) groups excluding carboxylic acids is 1. The maximum Gasteiger partial charge on any atom is 0.319 e. The summed E-state index contributed by atoms with van der Waals surface area (Å²) >= 11 is 6.62. The number of halogens is 2. The van der Waals surface area contributed by atoms with Crippen LogP contribution in [0.5, 0.6) is 6.01 Å². The van der Waals surface area contributed by atoms with E-state index >= 15 is 4.39 Å². The van der Waals surface area contributed by atoms with Gasteiger partial charge in [-0.05, 0) is 56.6 Å². The molecule has 2 aromatic heterocycles. The molecule has 0 saturated carbocycles. The van der Waals surface area contributed by atoms with Crippen molar-refractivity contribution in [2.45, 2.75) is 43.7 Å². The number of aromatic nitrogens is 3. The number of amides is 1. The topological polar surface area (TPSA) is 83.9 Å². The number of fused-ring (bicyclic) bond motifs is 3. The van der Waals surface area contributed by atoms with Crippen molar-refractivity contribution in [1.82, 2.24) is 24.8 Å². The normalized spacial score (nSPS) is 19.5. The van der Waals surface area contributed by atoms with E-state index in [1.807, 2.05) is 47.2 Å². The second kappa shape index (κ2) is 12.7. The Morgan fingerprint density at radius 2 is 1.93 bits per heavy atom. The number of anilines is 1. The van der Waals surface area contributed by atoms with Crippen LogP contribution in [0.25, 0.3) is 32.9 Å². The second-order valence-corrected chi connectivity index (χ2v) is 13.0. The number of likely N-dealkylation sites (tertiary alicyclic amines) is 1. The van der Waals surface area contributed by atoms with Gasteiger partial charge in [-0.3, -0.25) is 14.7 Å². The number of benzene rings is 2. The van der Waals surface area contributed by atoms with Crippen molar-refractivity contribution < 1.29 is 18.7 Å². The average Bonchev–Trinajstić information content (AvgIpc) is 3.80. The lowest BCUT2D eigenvalue weighted by atomic mass is 9.95. The van der Waals surface area contributed by atoms with Crippen molar-refractivity contribution in [3.05, 3.63) is 65.6 Å². The van der Waals surface area contributed by atoms with Gasteiger partial charge in [0.25, 0.3) is 0 Å². The lowest BCUT2D eigenvalue weighted by Gasteiger charge is -2.31. The van der Waals surface area contributed by atoms with Gasteiger partial charge in [-0.1, -0.05) is 48.0 Å². The molecule has 0 radical (unpaired) electrons. The van der Waals surface area contributed by atoms with Gasteiger partial charge in [-0.15, -0.1) is 0 Å². The molecule has 3 aliphatic rings. The Kier molecular flexibility index (Phi) is 8.52. The molecule has 9 nitrogen and oxygen atoms in total. The summed E-state index contributed by atoms with van der Waals surface area (Å²) in [5.41, 5.74) is 0.883. The monoisotopic (exact) mass is 644 g/mol. The molecule has 11 heteroatoms. The number of likely N-dealkylation sites (N-methyl/N-ethyl adjacent to an activating group) is 1. The summed E-state index contributed by atoms with van der Waals surface area (Å²) < 4.78 is 28.1. The van der Waals surface area contributed by atoms with Gasteiger partial charge in [-0.2, -0.15) is 9.97 Å². The smallest absolute Gasteiger partial charge is 0.319 e. The predicted octanol–water partition coefficient (Wildman–Crippen LogP) is 5.88. The van der Waals surface area contributed by atoms with Gasteiger partial charge in [0.1, 0.15) is 23.6 Å². The van der Waals surface area contributed by atoms with Crippen LogP contribution in [-0.2, 0) is 9.53 Å². The van der Waals surface area contributed by atoms with E-state index in [0.29, 0.717) is 48.1 Å². The zero-order valence-electron chi connectivity index (χ0n) is 26.2. The molecule has 3 fully saturated rings. The van der Waals surface area contributed by atoms with Gasteiger partial charge in [-0.25, -0.2) is 4.39 Å². The summed E-state index contributed by atoms with van der Waals surface area (Å²) in [7, 11) is 3.52. The minimum Gasteiger partial charge on any atom is -0.461 e. The van der Waals surface area contributed by atoms with Crippen LogP contribution >= 0.6 is 11.6 Å². The largest absolute Gasteiger partial charge is 0.461 e. The molecule has 1 amide bonds. The molecule has 1 atom stereocenters. The number of carbonyl (C=O) groups is 1. The third-order valence-electron chi connectivity index (χ3n) is 9.91. The van der Waals surface area contributed by atoms with E-state index in [1.54, 1.807) is 31.5 Å². The Balaban J connectivity index is 1.27. The summed E-state index contributed by atoms with van der Waals surface area (Å²) in [5.74, 6) is -0.0947. The van der Waals surface area contributed by atoms with Crippen molar-refractivity contribution >= 4 is 45.0 Å². The molecule has 0 spiro atoms. The summed E-state index contributed by atoms with van der Waals surface area (Å²) in [4.78, 5) is 33.3. The highest BCUT2D eigenvalue weighted by molar-refractivity contribution is 6.36. The van der Waals surface area contributed by atoms with E-state index < -0.39 is 5.82 Å². The molecule has 46 heavy (non-hydrogen) atoms. The van der Waals surface area contributed by atoms with Gasteiger partial charge >= 0.3 is 6.01 Å². The molecule has 240 valence electrons. The van der Waals surface area contributed by atoms with Crippen molar-refractivity contribution in [2.75, 3.05) is 58.5 Å². The fraction of sp³-hybridized carbons (Fsp3) is 0.429. The first-order valence-corrected chi connectivity index (χ1v) is 16.4. The Hall–Kier alpha value is -3.86. The Morgan fingerprint density at radius 3 is 2.72 bits per heavy atom. The van der Waals surface area contributed by atoms with Gasteiger partial charge in [0.05, 0.1) is 17.5 Å². The Labute approximate surface area is 273 Å². The van der Waals surface area contributed by atoms with Crippen LogP contribution in [0.3, 0.4) is 0 Å². The first kappa shape index (κ1) is 30.8. The minimum atomic E-state index is -0.556. The standard InChI is InChI=1S/C35H38ClFN6O3/c1-41(24-13-18-42(21-24)28(44)12-5-19-45-2)33-26-20-38-31(25-10-3-8-23-9-4-11-27(36)29(23)25)30(37)32(26)39-34(40-33)46-22-35-14-6-16-43(35)17-7-15-35/h3-5,8-12,20,24H,6-7,13-19,21-22H2,1-2H3/b12-5+/t24-/m1/s1. The van der Waals surface area contributed by atoms with Crippen LogP contribution in [0, 0.1) is 5.82 Å². The highest BCUT2D eigenvalue weighted by Crippen LogP contribution is 2.40. The molecule has 4 aromatic rings. The van der Waals surface area contributed by atoms with Crippen molar-refractivity contribution in [1.29, 1.82) is 0 Å². The highest BCUT2D eigenvalue weighted by Gasteiger charge is 2.45. The Bertz CT molecular complexity index is 1800. The molecular weight excluding hydrogens is 607 g/mol. The third kappa shape index (κ3) is 5.56. The first-order valence-electron chi connectivity index (χ1n) is 16.0. The van der Waals surface area contributed by atoms with Gasteiger partial charge in [0.15, 0.2) is 5.82 Å². The van der Waals surface area contributed by atoms with Crippen LogP contribution in [-0.4, -0.2) is 95.8 Å². The molecule has 5 heterocycles. The number of rotatable bonds is 9. The molecular formula is C35H38ClFN6O3. The van der Waals surface area contributed by atoms with Gasteiger partial charge in [0.2, 0.25) is 5.91 Å². The van der Waals surface area contributed by atoms with Gasteiger partial charge < -0.3 is 19.3 Å². The molecule has 0 bridgehead atoms. The van der Waals surface area contributed by atoms with Crippen LogP contribution in [0.4, 0.5) is 10.2 Å². The minimum absolute atomic E-state index is 0.0192. The van der Waals surface area contributed by atoms with E-state index in [4.69, 9.17) is 26.1 Å². The SMILES string of the molecule is COC/C=C/C(=O)N1CC[C@@H](N(C)c2nc(OCC34CCCN3CCC4)nc3c(F)c(-c4cccc5cccc(Cl)c45)ncc23)C1. The predicted molar refractivity (Wildman–Crippen MR) is 178 cm³/mol. The zero-order chi connectivity index (χ0) is 31.8. The van der Waals surface area contributed by atoms with E-state index in [2.05, 4.69) is 14.9 Å². The molecule has 2 aromatic carbocycles. The maximum absolute atomic E-state index is 16.7. The fourth-order valence-electron chi connectivity index (χ4n) is 7.48. The summed E-state index contributed by atoms with van der Waals surface area (Å²) in [6.45, 7) is 4.10. The van der Waals surface area contributed by atoms with Crippen LogP contribution in [0.2, 0.25) is 5.02 Å². The lowest BCUT2D eigenvalue weighted by Crippen LogP contribution is -2.43. The number of methoxy groups -OCH3 is 1. The number of nitrogens with zero attached hydrogens (tertiary/aromatic N) is 6. The Morgan fingerprint density at radius 1 is 1.15 bits per heavy atom. The molecule has 3 saturated heterocycles. The summed E-state index contributed by atoms with van der Waals surface area (Å²) in [6, 6.07) is 11.4. The number of ether oxygens (including phenoxy) is 2. The van der Waals surface area contributed by atoms with E-state index in [1.165, 1.54) is 0 Å². The van der Waals surface area contributed by atoms with Crippen molar-refractivity contribution in [3.8, 4) is 17.3 Å². The maximum atomic E-state index is 16.7. The molecule has 0 aliphatic carbocycles.